The number of hydrogen-bond acceptors (Lipinski definition) is 2. The maximum absolute atomic E-state index is 13.1. The molecule has 0 radical (unpaired) electrons. The van der Waals surface area contributed by atoms with Crippen LogP contribution in [0.2, 0.25) is 0 Å². The molecular formula is C15H14F3NO. The van der Waals surface area contributed by atoms with Gasteiger partial charge in [-0.05, 0) is 23.8 Å². The molecule has 2 aromatic carbocycles. The number of rotatable bonds is 5. The zero-order chi connectivity index (χ0) is 14.5. The van der Waals surface area contributed by atoms with Crippen molar-refractivity contribution >= 4 is 5.69 Å². The van der Waals surface area contributed by atoms with Crippen molar-refractivity contribution in [3.05, 3.63) is 65.0 Å². The molecule has 5 heteroatoms. The third-order valence-electron chi connectivity index (χ3n) is 2.84. The van der Waals surface area contributed by atoms with Crippen molar-refractivity contribution in [1.82, 2.24) is 0 Å². The lowest BCUT2D eigenvalue weighted by atomic mass is 10.1. The van der Waals surface area contributed by atoms with Crippen molar-refractivity contribution in [3.63, 3.8) is 0 Å². The summed E-state index contributed by atoms with van der Waals surface area (Å²) in [5.74, 6) is -3.83. The van der Waals surface area contributed by atoms with Gasteiger partial charge in [-0.2, -0.15) is 0 Å². The molecule has 0 bridgehead atoms. The molecule has 0 aromatic heterocycles. The Morgan fingerprint density at radius 3 is 2.35 bits per heavy atom. The molecular weight excluding hydrogens is 267 g/mol. The van der Waals surface area contributed by atoms with Gasteiger partial charge in [0.2, 0.25) is 0 Å². The highest BCUT2D eigenvalue weighted by Crippen LogP contribution is 2.18. The predicted molar refractivity (Wildman–Crippen MR) is 70.8 cm³/mol. The Hall–Kier alpha value is -2.01. The van der Waals surface area contributed by atoms with E-state index in [1.54, 1.807) is 7.11 Å². The highest BCUT2D eigenvalue weighted by atomic mass is 19.2. The largest absolute Gasteiger partial charge is 0.381 e. The van der Waals surface area contributed by atoms with Crippen LogP contribution in [0.5, 0.6) is 0 Å². The first-order valence-electron chi connectivity index (χ1n) is 6.06. The van der Waals surface area contributed by atoms with Crippen LogP contribution in [0.15, 0.2) is 36.4 Å². The summed E-state index contributed by atoms with van der Waals surface area (Å²) < 4.78 is 44.1. The molecule has 2 nitrogen and oxygen atoms in total. The highest BCUT2D eigenvalue weighted by molar-refractivity contribution is 5.51. The second-order valence-electron chi connectivity index (χ2n) is 4.32. The van der Waals surface area contributed by atoms with Crippen molar-refractivity contribution in [2.45, 2.75) is 13.2 Å². The van der Waals surface area contributed by atoms with Crippen LogP contribution in [-0.4, -0.2) is 7.11 Å². The molecule has 106 valence electrons. The van der Waals surface area contributed by atoms with Gasteiger partial charge in [-0.25, -0.2) is 13.2 Å². The molecule has 0 aliphatic carbocycles. The van der Waals surface area contributed by atoms with E-state index in [4.69, 9.17) is 4.74 Å². The Morgan fingerprint density at radius 1 is 1.05 bits per heavy atom. The molecule has 0 amide bonds. The molecule has 0 aliphatic heterocycles. The second kappa shape index (κ2) is 6.43. The van der Waals surface area contributed by atoms with Gasteiger partial charge in [-0.15, -0.1) is 0 Å². The average Bonchev–Trinajstić information content (AvgIpc) is 2.44. The van der Waals surface area contributed by atoms with Crippen molar-refractivity contribution < 1.29 is 17.9 Å². The van der Waals surface area contributed by atoms with Crippen LogP contribution < -0.4 is 5.32 Å². The number of halogens is 3. The number of nitrogens with one attached hydrogen (secondary N) is 1. The molecule has 0 unspecified atom stereocenters. The molecule has 0 saturated carbocycles. The van der Waals surface area contributed by atoms with Gasteiger partial charge < -0.3 is 10.1 Å². The standard InChI is InChI=1S/C15H14F3NO/c1-20-9-11-4-2-3-5-14(11)19-8-10-6-12(16)15(18)13(17)7-10/h2-7,19H,8-9H2,1H3. The SMILES string of the molecule is COCc1ccccc1NCc1cc(F)c(F)c(F)c1. The Labute approximate surface area is 115 Å². The highest BCUT2D eigenvalue weighted by Gasteiger charge is 2.10. The second-order valence-corrected chi connectivity index (χ2v) is 4.32. The van der Waals surface area contributed by atoms with Crippen LogP contribution in [-0.2, 0) is 17.9 Å². The van der Waals surface area contributed by atoms with Crippen molar-refractivity contribution in [2.24, 2.45) is 0 Å². The predicted octanol–water partition coefficient (Wildman–Crippen LogP) is 3.86. The van der Waals surface area contributed by atoms with Crippen molar-refractivity contribution in [1.29, 1.82) is 0 Å². The maximum Gasteiger partial charge on any atom is 0.194 e. The fourth-order valence-electron chi connectivity index (χ4n) is 1.88. The van der Waals surface area contributed by atoms with Gasteiger partial charge in [0.05, 0.1) is 6.61 Å². The first-order valence-corrected chi connectivity index (χ1v) is 6.06. The van der Waals surface area contributed by atoms with Gasteiger partial charge in [0.1, 0.15) is 0 Å². The monoisotopic (exact) mass is 281 g/mol. The fourth-order valence-corrected chi connectivity index (χ4v) is 1.88. The Morgan fingerprint density at radius 2 is 1.70 bits per heavy atom. The van der Waals surface area contributed by atoms with E-state index in [1.807, 2.05) is 24.3 Å². The molecule has 0 aliphatic rings. The minimum absolute atomic E-state index is 0.189. The third-order valence-corrected chi connectivity index (χ3v) is 2.84. The van der Waals surface area contributed by atoms with Gasteiger partial charge in [-0.3, -0.25) is 0 Å². The number of methoxy groups -OCH3 is 1. The Kier molecular flexibility index (Phi) is 4.63. The Bertz CT molecular complexity index is 578. The van der Waals surface area contributed by atoms with E-state index in [0.29, 0.717) is 12.2 Å². The summed E-state index contributed by atoms with van der Waals surface area (Å²) in [4.78, 5) is 0. The molecule has 1 N–H and O–H groups in total. The summed E-state index contributed by atoms with van der Waals surface area (Å²) in [6.45, 7) is 0.615. The van der Waals surface area contributed by atoms with Crippen molar-refractivity contribution in [3.8, 4) is 0 Å². The van der Waals surface area contributed by atoms with E-state index in [2.05, 4.69) is 5.32 Å². The summed E-state index contributed by atoms with van der Waals surface area (Å²) in [6.07, 6.45) is 0. The molecule has 0 fully saturated rings. The molecule has 0 atom stereocenters. The summed E-state index contributed by atoms with van der Waals surface area (Å²) in [5, 5.41) is 3.05. The van der Waals surface area contributed by atoms with Gasteiger partial charge >= 0.3 is 0 Å². The quantitative estimate of drug-likeness (QED) is 0.840. The molecule has 0 saturated heterocycles. The normalized spacial score (nSPS) is 10.6. The number of para-hydroxylation sites is 1. The number of ether oxygens (including phenoxy) is 1. The van der Waals surface area contributed by atoms with Crippen molar-refractivity contribution in [2.75, 3.05) is 12.4 Å². The van der Waals surface area contributed by atoms with E-state index in [0.717, 1.165) is 23.4 Å². The smallest absolute Gasteiger partial charge is 0.194 e. The summed E-state index contributed by atoms with van der Waals surface area (Å²) in [7, 11) is 1.58. The molecule has 2 rings (SSSR count). The fraction of sp³-hybridized carbons (Fsp3) is 0.200. The molecule has 0 spiro atoms. The topological polar surface area (TPSA) is 21.3 Å². The number of hydrogen-bond donors (Lipinski definition) is 1. The van der Waals surface area contributed by atoms with Crippen LogP contribution in [0.1, 0.15) is 11.1 Å². The van der Waals surface area contributed by atoms with Gasteiger partial charge in [0, 0.05) is 24.9 Å². The minimum atomic E-state index is -1.45. The van der Waals surface area contributed by atoms with Gasteiger partial charge in [-0.1, -0.05) is 18.2 Å². The van der Waals surface area contributed by atoms with E-state index < -0.39 is 17.5 Å². The first-order chi connectivity index (χ1) is 9.61. The van der Waals surface area contributed by atoms with E-state index in [9.17, 15) is 13.2 Å². The average molecular weight is 281 g/mol. The van der Waals surface area contributed by atoms with Gasteiger partial charge in [0.15, 0.2) is 17.5 Å². The lowest BCUT2D eigenvalue weighted by Gasteiger charge is -2.12. The lowest BCUT2D eigenvalue weighted by molar-refractivity contribution is 0.185. The number of anilines is 1. The van der Waals surface area contributed by atoms with Crippen LogP contribution >= 0.6 is 0 Å². The first kappa shape index (κ1) is 14.4. The summed E-state index contributed by atoms with van der Waals surface area (Å²) >= 11 is 0. The summed E-state index contributed by atoms with van der Waals surface area (Å²) in [5.41, 5.74) is 2.06. The zero-order valence-electron chi connectivity index (χ0n) is 10.9. The third kappa shape index (κ3) is 3.30. The number of benzene rings is 2. The van der Waals surface area contributed by atoms with Crippen LogP contribution in [0.25, 0.3) is 0 Å². The van der Waals surface area contributed by atoms with Gasteiger partial charge in [0.25, 0.3) is 0 Å². The van der Waals surface area contributed by atoms with Crippen LogP contribution in [0, 0.1) is 17.5 Å². The van der Waals surface area contributed by atoms with E-state index >= 15 is 0 Å². The summed E-state index contributed by atoms with van der Waals surface area (Å²) in [6, 6.07) is 9.39. The maximum atomic E-state index is 13.1. The minimum Gasteiger partial charge on any atom is -0.381 e. The zero-order valence-corrected chi connectivity index (χ0v) is 10.9. The van der Waals surface area contributed by atoms with E-state index in [1.165, 1.54) is 0 Å². The lowest BCUT2D eigenvalue weighted by Crippen LogP contribution is -2.04. The molecule has 0 heterocycles. The molecule has 20 heavy (non-hydrogen) atoms. The molecule has 2 aromatic rings. The van der Waals surface area contributed by atoms with Crippen LogP contribution in [0.3, 0.4) is 0 Å². The Balaban J connectivity index is 2.13. The van der Waals surface area contributed by atoms with E-state index in [-0.39, 0.29) is 6.54 Å². The van der Waals surface area contributed by atoms with Crippen LogP contribution in [0.4, 0.5) is 18.9 Å².